The number of aliphatic hydroxyl groups is 1. The van der Waals surface area contributed by atoms with Crippen molar-refractivity contribution in [2.24, 2.45) is 10.9 Å². The second kappa shape index (κ2) is 9.78. The van der Waals surface area contributed by atoms with Gasteiger partial charge in [-0.3, -0.25) is 14.7 Å². The normalized spacial score (nSPS) is 23.0. The summed E-state index contributed by atoms with van der Waals surface area (Å²) in [4.78, 5) is 22.2. The summed E-state index contributed by atoms with van der Waals surface area (Å²) >= 11 is 5.21. The van der Waals surface area contributed by atoms with Crippen LogP contribution in [0.5, 0.6) is 0 Å². The minimum absolute atomic E-state index is 0.0376. The number of piperazine rings is 1. The number of ketones is 1. The molecule has 0 saturated carbocycles. The molecule has 0 radical (unpaired) electrons. The van der Waals surface area contributed by atoms with Gasteiger partial charge < -0.3 is 10.0 Å². The fourth-order valence-electron chi connectivity index (χ4n) is 3.34. The molecule has 0 aromatic heterocycles. The van der Waals surface area contributed by atoms with Gasteiger partial charge in [0.05, 0.1) is 17.1 Å². The third-order valence-electron chi connectivity index (χ3n) is 5.09. The van der Waals surface area contributed by atoms with E-state index < -0.39 is 0 Å². The van der Waals surface area contributed by atoms with Crippen LogP contribution in [0.15, 0.2) is 40.6 Å². The zero-order chi connectivity index (χ0) is 19.1. The maximum atomic E-state index is 12.3. The summed E-state index contributed by atoms with van der Waals surface area (Å²) in [5.74, 6) is 0.167. The number of thiocarbonyl (C=S) groups is 1. The standard InChI is InChI=1S/C20H29N3O2S/c1-4-5-15(2)17-12-19(24)18(20(25)13-17)14-21-6-7-22-8-10-23(11-9-22)16(3)26/h4-5,14,17,24H,1,6-13H2,2-3H3/b15-5+,21-14?. The lowest BCUT2D eigenvalue weighted by Gasteiger charge is -2.35. The molecule has 0 spiro atoms. The van der Waals surface area contributed by atoms with Gasteiger partial charge in [-0.1, -0.05) is 36.5 Å². The van der Waals surface area contributed by atoms with Crippen LogP contribution < -0.4 is 0 Å². The number of allylic oxidation sites excluding steroid dienone is 5. The molecule has 1 N–H and O–H groups in total. The average Bonchev–Trinajstić information content (AvgIpc) is 2.60. The molecular weight excluding hydrogens is 346 g/mol. The van der Waals surface area contributed by atoms with Crippen molar-refractivity contribution in [1.29, 1.82) is 0 Å². The lowest BCUT2D eigenvalue weighted by atomic mass is 9.83. The number of nitrogens with zero attached hydrogens (tertiary/aromatic N) is 3. The van der Waals surface area contributed by atoms with Crippen molar-refractivity contribution in [2.45, 2.75) is 26.7 Å². The molecule has 0 aromatic carbocycles. The maximum Gasteiger partial charge on any atom is 0.168 e. The summed E-state index contributed by atoms with van der Waals surface area (Å²) in [5.41, 5.74) is 1.44. The SMILES string of the molecule is C=C/C=C(\C)C1CC(=O)C(C=NCCN2CCN(C(C)=S)CC2)=C(O)C1. The minimum atomic E-state index is -0.0376. The minimum Gasteiger partial charge on any atom is -0.511 e. The van der Waals surface area contributed by atoms with Crippen LogP contribution >= 0.6 is 12.2 Å². The van der Waals surface area contributed by atoms with Crippen LogP contribution in [0, 0.1) is 5.92 Å². The van der Waals surface area contributed by atoms with Gasteiger partial charge in [-0.2, -0.15) is 0 Å². The number of rotatable bonds is 6. The van der Waals surface area contributed by atoms with Crippen LogP contribution in [0.2, 0.25) is 0 Å². The number of Topliss-reactive ketones (excluding diaryl/α,β-unsaturated/α-hetero) is 1. The summed E-state index contributed by atoms with van der Waals surface area (Å²) in [6.07, 6.45) is 6.07. The summed E-state index contributed by atoms with van der Waals surface area (Å²) in [6, 6.07) is 0. The van der Waals surface area contributed by atoms with E-state index in [9.17, 15) is 9.90 Å². The first-order valence-electron chi connectivity index (χ1n) is 9.14. The Bertz CT molecular complexity index is 643. The second-order valence-electron chi connectivity index (χ2n) is 6.92. The Labute approximate surface area is 161 Å². The van der Waals surface area contributed by atoms with Crippen molar-refractivity contribution < 1.29 is 9.90 Å². The Morgan fingerprint density at radius 3 is 2.58 bits per heavy atom. The molecule has 0 amide bonds. The Kier molecular flexibility index (Phi) is 7.72. The molecule has 1 unspecified atom stereocenters. The van der Waals surface area contributed by atoms with Gasteiger partial charge in [0.25, 0.3) is 0 Å². The molecule has 1 heterocycles. The molecule has 142 valence electrons. The number of aliphatic hydroxyl groups excluding tert-OH is 1. The van der Waals surface area contributed by atoms with E-state index in [-0.39, 0.29) is 17.5 Å². The molecule has 1 saturated heterocycles. The Morgan fingerprint density at radius 1 is 1.31 bits per heavy atom. The van der Waals surface area contributed by atoms with Gasteiger partial charge in [0.15, 0.2) is 5.78 Å². The van der Waals surface area contributed by atoms with E-state index in [1.807, 2.05) is 19.9 Å². The first-order valence-corrected chi connectivity index (χ1v) is 9.55. The smallest absolute Gasteiger partial charge is 0.168 e. The zero-order valence-corrected chi connectivity index (χ0v) is 16.6. The van der Waals surface area contributed by atoms with Crippen molar-refractivity contribution in [2.75, 3.05) is 39.3 Å². The van der Waals surface area contributed by atoms with Gasteiger partial charge in [0.1, 0.15) is 5.76 Å². The largest absolute Gasteiger partial charge is 0.511 e. The van der Waals surface area contributed by atoms with E-state index in [1.54, 1.807) is 12.3 Å². The number of aliphatic imine (C=N–C) groups is 1. The number of carbonyl (C=O) groups is 1. The number of hydrogen-bond acceptors (Lipinski definition) is 5. The van der Waals surface area contributed by atoms with Crippen LogP contribution in [0.1, 0.15) is 26.7 Å². The van der Waals surface area contributed by atoms with Crippen molar-refractivity contribution >= 4 is 29.2 Å². The summed E-state index contributed by atoms with van der Waals surface area (Å²) < 4.78 is 0. The van der Waals surface area contributed by atoms with E-state index in [2.05, 4.69) is 21.4 Å². The van der Waals surface area contributed by atoms with Gasteiger partial charge in [-0.15, -0.1) is 0 Å². The van der Waals surface area contributed by atoms with Crippen molar-refractivity contribution in [3.63, 3.8) is 0 Å². The Hall–Kier alpha value is -1.79. The van der Waals surface area contributed by atoms with E-state index >= 15 is 0 Å². The van der Waals surface area contributed by atoms with Crippen molar-refractivity contribution in [3.05, 3.63) is 35.6 Å². The molecule has 6 heteroatoms. The Balaban J connectivity index is 1.83. The molecule has 0 bridgehead atoms. The predicted molar refractivity (Wildman–Crippen MR) is 111 cm³/mol. The fourth-order valence-corrected chi connectivity index (χ4v) is 3.52. The number of hydrogen-bond donors (Lipinski definition) is 1. The zero-order valence-electron chi connectivity index (χ0n) is 15.8. The van der Waals surface area contributed by atoms with Crippen LogP contribution in [-0.4, -0.2) is 71.2 Å². The first-order chi connectivity index (χ1) is 12.4. The maximum absolute atomic E-state index is 12.3. The van der Waals surface area contributed by atoms with Crippen molar-refractivity contribution in [1.82, 2.24) is 9.80 Å². The van der Waals surface area contributed by atoms with E-state index in [0.29, 0.717) is 25.0 Å². The van der Waals surface area contributed by atoms with E-state index in [4.69, 9.17) is 12.2 Å². The molecular formula is C20H29N3O2S. The Morgan fingerprint density at radius 2 is 2.00 bits per heavy atom. The summed E-state index contributed by atoms with van der Waals surface area (Å²) in [7, 11) is 0. The van der Waals surface area contributed by atoms with E-state index in [0.717, 1.165) is 43.3 Å². The fraction of sp³-hybridized carbons (Fsp3) is 0.550. The van der Waals surface area contributed by atoms with Gasteiger partial charge >= 0.3 is 0 Å². The lowest BCUT2D eigenvalue weighted by molar-refractivity contribution is -0.116. The molecule has 2 aliphatic rings. The molecule has 5 nitrogen and oxygen atoms in total. The first kappa shape index (κ1) is 20.5. The summed E-state index contributed by atoms with van der Waals surface area (Å²) in [5, 5.41) is 10.2. The van der Waals surface area contributed by atoms with E-state index in [1.165, 1.54) is 0 Å². The monoisotopic (exact) mass is 375 g/mol. The molecule has 1 aliphatic heterocycles. The molecule has 2 rings (SSSR count). The lowest BCUT2D eigenvalue weighted by Crippen LogP contribution is -2.48. The third-order valence-corrected chi connectivity index (χ3v) is 5.35. The predicted octanol–water partition coefficient (Wildman–Crippen LogP) is 2.95. The van der Waals surface area contributed by atoms with Gasteiger partial charge in [-0.25, -0.2) is 0 Å². The molecule has 0 aromatic rings. The second-order valence-corrected chi connectivity index (χ2v) is 7.51. The molecule has 1 aliphatic carbocycles. The molecule has 1 fully saturated rings. The van der Waals surface area contributed by atoms with Crippen LogP contribution in [-0.2, 0) is 4.79 Å². The highest BCUT2D eigenvalue weighted by atomic mass is 32.1. The quantitative estimate of drug-likeness (QED) is 0.439. The van der Waals surface area contributed by atoms with Gasteiger partial charge in [0.2, 0.25) is 0 Å². The van der Waals surface area contributed by atoms with Crippen molar-refractivity contribution in [3.8, 4) is 0 Å². The number of carbonyl (C=O) groups excluding carboxylic acids is 1. The average molecular weight is 376 g/mol. The summed E-state index contributed by atoms with van der Waals surface area (Å²) in [6.45, 7) is 13.0. The highest BCUT2D eigenvalue weighted by molar-refractivity contribution is 7.80. The van der Waals surface area contributed by atoms with Gasteiger partial charge in [0, 0.05) is 51.8 Å². The topological polar surface area (TPSA) is 56.1 Å². The van der Waals surface area contributed by atoms with Crippen LogP contribution in [0.4, 0.5) is 0 Å². The molecule has 26 heavy (non-hydrogen) atoms. The third kappa shape index (κ3) is 5.61. The van der Waals surface area contributed by atoms with Crippen LogP contribution in [0.3, 0.4) is 0 Å². The molecule has 1 atom stereocenters. The highest BCUT2D eigenvalue weighted by Crippen LogP contribution is 2.30. The highest BCUT2D eigenvalue weighted by Gasteiger charge is 2.27. The van der Waals surface area contributed by atoms with Crippen LogP contribution in [0.25, 0.3) is 0 Å². The van der Waals surface area contributed by atoms with Gasteiger partial charge in [-0.05, 0) is 19.8 Å².